The maximum atomic E-state index is 13.6. The number of nitrogens with zero attached hydrogens (tertiary/aromatic N) is 2. The topological polar surface area (TPSA) is 75.8 Å². The first-order valence-corrected chi connectivity index (χ1v) is 5.74. The molecule has 0 unspecified atom stereocenters. The Kier molecular flexibility index (Phi) is 3.60. The zero-order valence-electron chi connectivity index (χ0n) is 11.2. The monoisotopic (exact) mass is 280 g/mol. The van der Waals surface area contributed by atoms with Crippen LogP contribution in [0, 0.1) is 12.7 Å². The quantitative estimate of drug-likeness (QED) is 0.871. The lowest BCUT2D eigenvalue weighted by atomic mass is 10.1. The van der Waals surface area contributed by atoms with Gasteiger partial charge in [0.25, 0.3) is 5.88 Å². The average molecular weight is 280 g/mol. The standard InChI is InChI=1S/C13H13FN2O4/c1-7-15-12(20-13(17)18)11(19-7)8-4-5-9(14)10(6-8)16(2)3/h4-6H,1-3H3,(H,17,18). The highest BCUT2D eigenvalue weighted by molar-refractivity contribution is 5.71. The molecule has 106 valence electrons. The van der Waals surface area contributed by atoms with Crippen LogP contribution in [-0.2, 0) is 0 Å². The third kappa shape index (κ3) is 2.71. The van der Waals surface area contributed by atoms with E-state index in [9.17, 15) is 9.18 Å². The molecule has 1 heterocycles. The molecular formula is C13H13FN2O4. The molecule has 0 saturated heterocycles. The van der Waals surface area contributed by atoms with Crippen LogP contribution >= 0.6 is 0 Å². The lowest BCUT2D eigenvalue weighted by molar-refractivity contribution is 0.143. The van der Waals surface area contributed by atoms with Crippen molar-refractivity contribution in [2.75, 3.05) is 19.0 Å². The van der Waals surface area contributed by atoms with E-state index in [2.05, 4.69) is 9.72 Å². The molecule has 0 amide bonds. The Morgan fingerprint density at radius 2 is 2.15 bits per heavy atom. The summed E-state index contributed by atoms with van der Waals surface area (Å²) in [4.78, 5) is 16.1. The average Bonchev–Trinajstić information content (AvgIpc) is 2.69. The molecule has 2 aromatic rings. The maximum absolute atomic E-state index is 13.6. The predicted octanol–water partition coefficient (Wildman–Crippen LogP) is 2.91. The number of carbonyl (C=O) groups is 1. The Hall–Kier alpha value is -2.57. The Labute approximate surface area is 114 Å². The number of hydrogen-bond donors (Lipinski definition) is 1. The van der Waals surface area contributed by atoms with E-state index in [1.54, 1.807) is 25.9 Å². The third-order valence-corrected chi connectivity index (χ3v) is 2.58. The van der Waals surface area contributed by atoms with Crippen LogP contribution in [0.1, 0.15) is 5.89 Å². The molecule has 0 fully saturated rings. The highest BCUT2D eigenvalue weighted by Crippen LogP contribution is 2.33. The summed E-state index contributed by atoms with van der Waals surface area (Å²) in [6.07, 6.45) is -1.49. The van der Waals surface area contributed by atoms with Gasteiger partial charge in [-0.15, -0.1) is 0 Å². The molecule has 7 heteroatoms. The van der Waals surface area contributed by atoms with Crippen molar-refractivity contribution in [1.82, 2.24) is 4.98 Å². The van der Waals surface area contributed by atoms with Crippen LogP contribution in [-0.4, -0.2) is 30.3 Å². The van der Waals surface area contributed by atoms with Crippen molar-refractivity contribution >= 4 is 11.8 Å². The van der Waals surface area contributed by atoms with Crippen molar-refractivity contribution in [3.63, 3.8) is 0 Å². The second-order valence-electron chi connectivity index (χ2n) is 4.30. The molecule has 0 saturated carbocycles. The van der Waals surface area contributed by atoms with E-state index >= 15 is 0 Å². The molecule has 0 bridgehead atoms. The van der Waals surface area contributed by atoms with Crippen molar-refractivity contribution in [3.8, 4) is 17.2 Å². The molecule has 0 radical (unpaired) electrons. The van der Waals surface area contributed by atoms with Crippen molar-refractivity contribution in [2.45, 2.75) is 6.92 Å². The van der Waals surface area contributed by atoms with Gasteiger partial charge in [-0.05, 0) is 18.2 Å². The number of anilines is 1. The number of halogens is 1. The smallest absolute Gasteiger partial charge is 0.449 e. The molecule has 0 aliphatic rings. The Balaban J connectivity index is 2.51. The Morgan fingerprint density at radius 3 is 2.75 bits per heavy atom. The Bertz CT molecular complexity index is 652. The van der Waals surface area contributed by atoms with E-state index in [-0.39, 0.29) is 17.5 Å². The number of benzene rings is 1. The normalized spacial score (nSPS) is 10.4. The van der Waals surface area contributed by atoms with Gasteiger partial charge in [-0.25, -0.2) is 9.18 Å². The van der Waals surface area contributed by atoms with Crippen LogP contribution < -0.4 is 9.64 Å². The number of rotatable bonds is 3. The minimum absolute atomic E-state index is 0.146. The predicted molar refractivity (Wildman–Crippen MR) is 69.6 cm³/mol. The van der Waals surface area contributed by atoms with E-state index in [1.807, 2.05) is 0 Å². The highest BCUT2D eigenvalue weighted by Gasteiger charge is 2.19. The summed E-state index contributed by atoms with van der Waals surface area (Å²) in [6, 6.07) is 4.27. The van der Waals surface area contributed by atoms with Crippen molar-refractivity contribution in [2.24, 2.45) is 0 Å². The van der Waals surface area contributed by atoms with Crippen LogP contribution in [0.15, 0.2) is 22.6 Å². The molecule has 1 N–H and O–H groups in total. The lowest BCUT2D eigenvalue weighted by Gasteiger charge is -2.14. The number of carboxylic acid groups (broad SMARTS) is 1. The number of ether oxygens (including phenoxy) is 1. The number of aromatic nitrogens is 1. The van der Waals surface area contributed by atoms with Gasteiger partial charge in [-0.2, -0.15) is 4.98 Å². The summed E-state index contributed by atoms with van der Waals surface area (Å²) in [6.45, 7) is 1.56. The summed E-state index contributed by atoms with van der Waals surface area (Å²) in [5.41, 5.74) is 0.824. The SMILES string of the molecule is Cc1nc(OC(=O)O)c(-c2ccc(F)c(N(C)C)c2)o1. The molecule has 0 spiro atoms. The van der Waals surface area contributed by atoms with Crippen molar-refractivity contribution in [3.05, 3.63) is 29.9 Å². The lowest BCUT2D eigenvalue weighted by Crippen LogP contribution is -2.10. The molecule has 0 atom stereocenters. The van der Waals surface area contributed by atoms with Gasteiger partial charge in [0.2, 0.25) is 0 Å². The first-order chi connectivity index (χ1) is 9.38. The zero-order chi connectivity index (χ0) is 14.9. The minimum atomic E-state index is -1.49. The van der Waals surface area contributed by atoms with E-state index in [0.29, 0.717) is 11.3 Å². The van der Waals surface area contributed by atoms with Gasteiger partial charge in [-0.3, -0.25) is 0 Å². The third-order valence-electron chi connectivity index (χ3n) is 2.58. The molecule has 1 aromatic heterocycles. The first kappa shape index (κ1) is 13.9. The zero-order valence-corrected chi connectivity index (χ0v) is 11.2. The second-order valence-corrected chi connectivity index (χ2v) is 4.30. The van der Waals surface area contributed by atoms with Gasteiger partial charge in [0.1, 0.15) is 5.82 Å². The first-order valence-electron chi connectivity index (χ1n) is 5.74. The van der Waals surface area contributed by atoms with Gasteiger partial charge < -0.3 is 19.2 Å². The van der Waals surface area contributed by atoms with Crippen LogP contribution in [0.25, 0.3) is 11.3 Å². The number of oxazole rings is 1. The molecule has 20 heavy (non-hydrogen) atoms. The fourth-order valence-electron chi connectivity index (χ4n) is 1.74. The second kappa shape index (κ2) is 5.20. The van der Waals surface area contributed by atoms with Crippen LogP contribution in [0.3, 0.4) is 0 Å². The van der Waals surface area contributed by atoms with Crippen molar-refractivity contribution in [1.29, 1.82) is 0 Å². The largest absolute Gasteiger partial charge is 0.512 e. The van der Waals surface area contributed by atoms with Gasteiger partial charge in [0.05, 0.1) is 5.69 Å². The van der Waals surface area contributed by atoms with E-state index in [4.69, 9.17) is 9.52 Å². The van der Waals surface area contributed by atoms with Gasteiger partial charge >= 0.3 is 6.16 Å². The summed E-state index contributed by atoms with van der Waals surface area (Å²) in [5, 5.41) is 8.66. The van der Waals surface area contributed by atoms with Crippen LogP contribution in [0.2, 0.25) is 0 Å². The molecule has 6 nitrogen and oxygen atoms in total. The highest BCUT2D eigenvalue weighted by atomic mass is 19.1. The molecular weight excluding hydrogens is 267 g/mol. The van der Waals surface area contributed by atoms with Gasteiger partial charge in [-0.1, -0.05) is 0 Å². The van der Waals surface area contributed by atoms with Crippen molar-refractivity contribution < 1.29 is 23.4 Å². The summed E-state index contributed by atoms with van der Waals surface area (Å²) < 4.78 is 23.5. The Morgan fingerprint density at radius 1 is 1.45 bits per heavy atom. The number of hydrogen-bond acceptors (Lipinski definition) is 5. The fraction of sp³-hybridized carbons (Fsp3) is 0.231. The molecule has 1 aromatic carbocycles. The van der Waals surface area contributed by atoms with E-state index in [0.717, 1.165) is 0 Å². The fourth-order valence-corrected chi connectivity index (χ4v) is 1.74. The molecule has 0 aliphatic heterocycles. The summed E-state index contributed by atoms with van der Waals surface area (Å²) in [7, 11) is 3.39. The summed E-state index contributed by atoms with van der Waals surface area (Å²) in [5.74, 6) is -0.151. The van der Waals surface area contributed by atoms with E-state index < -0.39 is 12.0 Å². The van der Waals surface area contributed by atoms with Gasteiger partial charge in [0, 0.05) is 26.6 Å². The summed E-state index contributed by atoms with van der Waals surface area (Å²) >= 11 is 0. The number of aryl methyl sites for hydroxylation is 1. The van der Waals surface area contributed by atoms with Gasteiger partial charge in [0.15, 0.2) is 11.7 Å². The molecule has 2 rings (SSSR count). The van der Waals surface area contributed by atoms with Crippen LogP contribution in [0.4, 0.5) is 14.9 Å². The van der Waals surface area contributed by atoms with E-state index in [1.165, 1.54) is 18.2 Å². The minimum Gasteiger partial charge on any atom is -0.449 e. The molecule has 0 aliphatic carbocycles. The maximum Gasteiger partial charge on any atom is 0.512 e. The van der Waals surface area contributed by atoms with Crippen LogP contribution in [0.5, 0.6) is 5.88 Å².